The van der Waals surface area contributed by atoms with Crippen LogP contribution in [0.5, 0.6) is 5.75 Å². The van der Waals surface area contributed by atoms with Gasteiger partial charge >= 0.3 is 0 Å². The van der Waals surface area contributed by atoms with Gasteiger partial charge in [-0.2, -0.15) is 4.99 Å². The van der Waals surface area contributed by atoms with Crippen LogP contribution < -0.4 is 4.90 Å². The molecule has 0 atom stereocenters. The second-order valence-electron chi connectivity index (χ2n) is 6.46. The zero-order valence-electron chi connectivity index (χ0n) is 15.8. The maximum absolute atomic E-state index is 12.4. The number of aromatic nitrogens is 1. The van der Waals surface area contributed by atoms with Gasteiger partial charge in [-0.25, -0.2) is 0 Å². The fraction of sp³-hybridized carbons (Fsp3) is 0.0476. The highest BCUT2D eigenvalue weighted by Gasteiger charge is 2.25. The van der Waals surface area contributed by atoms with Gasteiger partial charge in [-0.15, -0.1) is 0 Å². The number of thioether (sulfide) groups is 1. The van der Waals surface area contributed by atoms with Crippen LogP contribution >= 0.6 is 11.8 Å². The Balaban J connectivity index is 1.57. The van der Waals surface area contributed by atoms with Crippen LogP contribution in [0.25, 0.3) is 11.8 Å². The number of amides is 1. The van der Waals surface area contributed by atoms with Gasteiger partial charge in [-0.05, 0) is 66.4 Å². The molecule has 9 heteroatoms. The number of aromatic hydroxyl groups is 1. The zero-order valence-corrected chi connectivity index (χ0v) is 16.6. The van der Waals surface area contributed by atoms with E-state index in [2.05, 4.69) is 4.99 Å². The summed E-state index contributed by atoms with van der Waals surface area (Å²) in [7, 11) is 1.80. The lowest BCUT2D eigenvalue weighted by Gasteiger charge is -2.17. The van der Waals surface area contributed by atoms with Gasteiger partial charge in [0.1, 0.15) is 5.75 Å². The third kappa shape index (κ3) is 3.83. The topological polar surface area (TPSA) is 101 Å². The summed E-state index contributed by atoms with van der Waals surface area (Å²) in [6, 6.07) is 16.5. The first-order valence-corrected chi connectivity index (χ1v) is 9.71. The normalized spacial score (nSPS) is 14.8. The van der Waals surface area contributed by atoms with Gasteiger partial charge < -0.3 is 14.6 Å². The van der Waals surface area contributed by atoms with Gasteiger partial charge in [0.25, 0.3) is 11.6 Å². The first-order chi connectivity index (χ1) is 14.4. The molecule has 1 amide bonds. The van der Waals surface area contributed by atoms with Crippen molar-refractivity contribution in [2.45, 2.75) is 0 Å². The first kappa shape index (κ1) is 19.5. The molecule has 0 bridgehead atoms. The van der Waals surface area contributed by atoms with Crippen LogP contribution in [0.1, 0.15) is 5.69 Å². The first-order valence-electron chi connectivity index (χ1n) is 8.90. The Morgan fingerprint density at radius 1 is 1.13 bits per heavy atom. The maximum Gasteiger partial charge on any atom is 0.286 e. The molecule has 2 heterocycles. The molecule has 0 fully saturated rings. The molecule has 2 aromatic carbocycles. The van der Waals surface area contributed by atoms with Crippen LogP contribution in [0.4, 0.5) is 11.4 Å². The Labute approximate surface area is 175 Å². The van der Waals surface area contributed by atoms with Crippen molar-refractivity contribution in [2.24, 2.45) is 4.99 Å². The van der Waals surface area contributed by atoms with Gasteiger partial charge in [0.15, 0.2) is 5.17 Å². The number of anilines is 1. The Hall–Kier alpha value is -3.85. The van der Waals surface area contributed by atoms with E-state index in [1.165, 1.54) is 23.9 Å². The Kier molecular flexibility index (Phi) is 5.11. The summed E-state index contributed by atoms with van der Waals surface area (Å²) in [6.45, 7) is 0. The van der Waals surface area contributed by atoms with Gasteiger partial charge in [0.2, 0.25) is 0 Å². The van der Waals surface area contributed by atoms with Gasteiger partial charge in [-0.3, -0.25) is 14.9 Å². The fourth-order valence-corrected chi connectivity index (χ4v) is 3.82. The van der Waals surface area contributed by atoms with Gasteiger partial charge in [0.05, 0.1) is 9.83 Å². The highest BCUT2D eigenvalue weighted by Crippen LogP contribution is 2.32. The third-order valence-electron chi connectivity index (χ3n) is 4.53. The van der Waals surface area contributed by atoms with Crippen molar-refractivity contribution in [3.05, 3.63) is 87.6 Å². The zero-order chi connectivity index (χ0) is 21.3. The number of carbonyl (C=O) groups is 1. The van der Waals surface area contributed by atoms with Crippen molar-refractivity contribution in [3.8, 4) is 11.4 Å². The van der Waals surface area contributed by atoms with E-state index in [0.29, 0.717) is 10.1 Å². The molecule has 30 heavy (non-hydrogen) atoms. The molecule has 3 aromatic rings. The molecule has 0 radical (unpaired) electrons. The number of carbonyl (C=O) groups excluding carboxylic acids is 1. The summed E-state index contributed by atoms with van der Waals surface area (Å²) in [4.78, 5) is 29.2. The molecular formula is C21H16N4O4S. The third-order valence-corrected chi connectivity index (χ3v) is 5.59. The standard InChI is InChI=1S/C21H16N4O4S/c1-23(14-8-10-18(26)11-9-14)21-22-20(27)19(30-21)13-17-3-2-12-24(17)15-4-6-16(7-5-15)25(28)29/h2-13,26H,1H3/b19-13-. The van der Waals surface area contributed by atoms with Crippen molar-refractivity contribution >= 4 is 40.3 Å². The quantitative estimate of drug-likeness (QED) is 0.386. The van der Waals surface area contributed by atoms with E-state index < -0.39 is 4.92 Å². The summed E-state index contributed by atoms with van der Waals surface area (Å²) in [6.07, 6.45) is 3.57. The van der Waals surface area contributed by atoms with Gasteiger partial charge in [-0.1, -0.05) is 0 Å². The Morgan fingerprint density at radius 3 is 2.50 bits per heavy atom. The number of phenols is 1. The lowest BCUT2D eigenvalue weighted by Crippen LogP contribution is -2.21. The fourth-order valence-electron chi connectivity index (χ4n) is 2.94. The predicted molar refractivity (Wildman–Crippen MR) is 117 cm³/mol. The van der Waals surface area contributed by atoms with E-state index >= 15 is 0 Å². The molecule has 1 N–H and O–H groups in total. The van der Waals surface area contributed by atoms with Crippen molar-refractivity contribution in [1.82, 2.24) is 4.57 Å². The molecule has 8 nitrogen and oxygen atoms in total. The molecule has 1 aromatic heterocycles. The SMILES string of the molecule is CN(C1=NC(=O)/C(=C/c2cccn2-c2ccc([N+](=O)[O-])cc2)S1)c1ccc(O)cc1. The number of nitro groups is 1. The van der Waals surface area contributed by atoms with E-state index in [4.69, 9.17) is 0 Å². The number of non-ortho nitro benzene ring substituents is 1. The van der Waals surface area contributed by atoms with Crippen LogP contribution in [-0.2, 0) is 4.79 Å². The average Bonchev–Trinajstić information content (AvgIpc) is 3.35. The summed E-state index contributed by atoms with van der Waals surface area (Å²) in [5.74, 6) is -0.172. The van der Waals surface area contributed by atoms with Crippen LogP contribution in [0.3, 0.4) is 0 Å². The van der Waals surface area contributed by atoms with E-state index in [9.17, 15) is 20.0 Å². The number of phenolic OH excluding ortho intramolecular Hbond substituents is 1. The van der Waals surface area contributed by atoms with Crippen LogP contribution in [-0.4, -0.2) is 32.7 Å². The molecular weight excluding hydrogens is 404 g/mol. The molecule has 150 valence electrons. The van der Waals surface area contributed by atoms with Gasteiger partial charge in [0, 0.05) is 42.4 Å². The van der Waals surface area contributed by atoms with E-state index in [1.54, 1.807) is 54.4 Å². The molecule has 1 aliphatic rings. The van der Waals surface area contributed by atoms with Crippen molar-refractivity contribution in [2.75, 3.05) is 11.9 Å². The number of aliphatic imine (C=N–C) groups is 1. The molecule has 0 aliphatic carbocycles. The number of nitro benzene ring substituents is 1. The van der Waals surface area contributed by atoms with Crippen LogP contribution in [0, 0.1) is 10.1 Å². The number of hydrogen-bond donors (Lipinski definition) is 1. The smallest absolute Gasteiger partial charge is 0.286 e. The highest BCUT2D eigenvalue weighted by molar-refractivity contribution is 8.18. The van der Waals surface area contributed by atoms with E-state index in [1.807, 2.05) is 22.9 Å². The van der Waals surface area contributed by atoms with E-state index in [0.717, 1.165) is 17.1 Å². The summed E-state index contributed by atoms with van der Waals surface area (Å²) in [5.41, 5.74) is 2.31. The van der Waals surface area contributed by atoms with Crippen molar-refractivity contribution < 1.29 is 14.8 Å². The van der Waals surface area contributed by atoms with Crippen molar-refractivity contribution in [3.63, 3.8) is 0 Å². The van der Waals surface area contributed by atoms with Crippen LogP contribution in [0.15, 0.2) is 76.8 Å². The monoisotopic (exact) mass is 420 g/mol. The molecule has 4 rings (SSSR count). The molecule has 0 spiro atoms. The number of rotatable bonds is 4. The number of hydrogen-bond acceptors (Lipinski definition) is 6. The van der Waals surface area contributed by atoms with Crippen LogP contribution in [0.2, 0.25) is 0 Å². The molecule has 0 saturated carbocycles. The predicted octanol–water partition coefficient (Wildman–Crippen LogP) is 4.20. The lowest BCUT2D eigenvalue weighted by molar-refractivity contribution is -0.384. The number of nitrogens with zero attached hydrogens (tertiary/aromatic N) is 4. The molecule has 1 aliphatic heterocycles. The van der Waals surface area contributed by atoms with Crippen molar-refractivity contribution in [1.29, 1.82) is 0 Å². The molecule has 0 unspecified atom stereocenters. The summed E-state index contributed by atoms with van der Waals surface area (Å²) >= 11 is 1.26. The number of amidine groups is 1. The Bertz CT molecular complexity index is 1180. The number of benzene rings is 2. The largest absolute Gasteiger partial charge is 0.508 e. The maximum atomic E-state index is 12.4. The minimum absolute atomic E-state index is 0.0163. The highest BCUT2D eigenvalue weighted by atomic mass is 32.2. The summed E-state index contributed by atoms with van der Waals surface area (Å²) in [5, 5.41) is 20.8. The minimum Gasteiger partial charge on any atom is -0.508 e. The molecule has 0 saturated heterocycles. The van der Waals surface area contributed by atoms with E-state index in [-0.39, 0.29) is 17.3 Å². The summed E-state index contributed by atoms with van der Waals surface area (Å²) < 4.78 is 1.84. The minimum atomic E-state index is -0.445. The second kappa shape index (κ2) is 7.88. The second-order valence-corrected chi connectivity index (χ2v) is 7.47. The lowest BCUT2D eigenvalue weighted by atomic mass is 10.2. The Morgan fingerprint density at radius 2 is 1.83 bits per heavy atom. The average molecular weight is 420 g/mol.